The summed E-state index contributed by atoms with van der Waals surface area (Å²) in [5.41, 5.74) is 11.9. The van der Waals surface area contributed by atoms with Crippen LogP contribution in [0.5, 0.6) is 0 Å². The summed E-state index contributed by atoms with van der Waals surface area (Å²) in [5.74, 6) is 3.21. The molecule has 5 aliphatic rings. The van der Waals surface area contributed by atoms with E-state index in [1.54, 1.807) is 24.8 Å². The molecule has 4 bridgehead atoms. The molecule has 0 heterocycles. The quantitative estimate of drug-likeness (QED) is 0.244. The maximum Gasteiger partial charge on any atom is -0.0253 e. The predicted octanol–water partition coefficient (Wildman–Crippen LogP) is 4.05. The van der Waals surface area contributed by atoms with Crippen molar-refractivity contribution in [1.29, 1.82) is 0 Å². The summed E-state index contributed by atoms with van der Waals surface area (Å²) in [4.78, 5) is 0. The summed E-state index contributed by atoms with van der Waals surface area (Å²) in [6, 6.07) is 46.4. The zero-order valence-corrected chi connectivity index (χ0v) is 30.0. The van der Waals surface area contributed by atoms with Gasteiger partial charge in [0, 0.05) is 0 Å². The largest absolute Gasteiger partial charge is 0.179 e. The van der Waals surface area contributed by atoms with Gasteiger partial charge in [0.25, 0.3) is 0 Å². The van der Waals surface area contributed by atoms with Crippen molar-refractivity contribution in [3.8, 4) is 11.1 Å². The molecule has 5 aromatic carbocycles. The van der Waals surface area contributed by atoms with E-state index in [0.29, 0.717) is 5.41 Å². The standard InChI is InChI=1S/C16H21.C13H9.C13H10.2ClH.Zr/c1-11-2-3-15(4-11)16-8-12-5-13(9-16)7-14(6-12)10-16;1-3-7-12-10(5-1)9-11-6-2-4-8-13(11)12;1-3-7-12(8-4-1)11-13-9-5-2-6-10-13;;;/h2-4,12-14H,5-10H2,1H3;1-5,7-8H,9H2;1-10H;2*1H;/q2*-1;;;;+2/p-2. The number of halogens is 2. The molecule has 0 unspecified atom stereocenters. The first-order valence-corrected chi connectivity index (χ1v) is 17.3. The molecule has 0 radical (unpaired) electrons. The Labute approximate surface area is 297 Å². The van der Waals surface area contributed by atoms with Gasteiger partial charge in [-0.25, -0.2) is 6.07 Å². The van der Waals surface area contributed by atoms with E-state index in [9.17, 15) is 0 Å². The van der Waals surface area contributed by atoms with Crippen molar-refractivity contribution < 1.29 is 49.0 Å². The molecule has 0 atom stereocenters. The third kappa shape index (κ3) is 7.43. The fourth-order valence-electron chi connectivity index (χ4n) is 8.73. The van der Waals surface area contributed by atoms with Gasteiger partial charge in [0.1, 0.15) is 0 Å². The van der Waals surface area contributed by atoms with Gasteiger partial charge in [0.2, 0.25) is 0 Å². The summed E-state index contributed by atoms with van der Waals surface area (Å²) in [6.07, 6.45) is 10.2. The van der Waals surface area contributed by atoms with Crippen LogP contribution in [0.2, 0.25) is 0 Å². The van der Waals surface area contributed by atoms with Gasteiger partial charge in [-0.1, -0.05) is 67.0 Å². The molecule has 5 aromatic rings. The Morgan fingerprint density at radius 1 is 0.711 bits per heavy atom. The van der Waals surface area contributed by atoms with Crippen LogP contribution in [0.1, 0.15) is 71.9 Å². The molecule has 5 aliphatic carbocycles. The summed E-state index contributed by atoms with van der Waals surface area (Å²) < 4.78 is 1.42. The fraction of sp³-hybridized carbons (Fsp3) is 0.286. The van der Waals surface area contributed by atoms with Gasteiger partial charge in [-0.2, -0.15) is 53.1 Å². The van der Waals surface area contributed by atoms with Crippen LogP contribution in [0, 0.1) is 30.7 Å². The first-order chi connectivity index (χ1) is 21.1. The zero-order chi connectivity index (χ0) is 29.2. The molecule has 0 saturated heterocycles. The second kappa shape index (κ2) is 15.0. The summed E-state index contributed by atoms with van der Waals surface area (Å²) in [5, 5.41) is 0. The third-order valence-electron chi connectivity index (χ3n) is 10.3. The van der Waals surface area contributed by atoms with E-state index >= 15 is 0 Å². The maximum absolute atomic E-state index is 3.30. The van der Waals surface area contributed by atoms with Crippen LogP contribution in [0.4, 0.5) is 0 Å². The SMILES string of the molecule is Cc1cc(C23CC4CC(CC(C4)C2)C3)c[cH-]1.[Cl-].[Cl-].[Zr+2]=[C](c1ccccc1)c1ccccc1.[c-]1cccc2c1Cc1ccccc1-2. The van der Waals surface area contributed by atoms with Crippen molar-refractivity contribution >= 4 is 3.21 Å². The molecule has 45 heavy (non-hydrogen) atoms. The maximum atomic E-state index is 3.30. The van der Waals surface area contributed by atoms with E-state index < -0.39 is 0 Å². The molecule has 228 valence electrons. The van der Waals surface area contributed by atoms with Gasteiger partial charge >= 0.3 is 99.2 Å². The molecule has 0 spiro atoms. The van der Waals surface area contributed by atoms with Crippen LogP contribution in [0.25, 0.3) is 11.1 Å². The fourth-order valence-corrected chi connectivity index (χ4v) is 9.55. The minimum absolute atomic E-state index is 0. The molecular weight excluding hydrogens is 667 g/mol. The van der Waals surface area contributed by atoms with Gasteiger partial charge in [0.05, 0.1) is 0 Å². The summed E-state index contributed by atoms with van der Waals surface area (Å²) in [7, 11) is 0. The van der Waals surface area contributed by atoms with E-state index in [1.807, 2.05) is 6.07 Å². The molecule has 0 aromatic heterocycles. The topological polar surface area (TPSA) is 0 Å². The van der Waals surface area contributed by atoms with Crippen molar-refractivity contribution in [2.75, 3.05) is 0 Å². The Bertz CT molecular complexity index is 1580. The Balaban J connectivity index is 0.000000131. The smallest absolute Gasteiger partial charge is 0.0253 e. The van der Waals surface area contributed by atoms with Crippen LogP contribution < -0.4 is 24.8 Å². The van der Waals surface area contributed by atoms with Crippen molar-refractivity contribution in [2.24, 2.45) is 17.8 Å². The van der Waals surface area contributed by atoms with Crippen molar-refractivity contribution in [3.63, 3.8) is 0 Å². The van der Waals surface area contributed by atoms with Gasteiger partial charge in [-0.3, -0.25) is 0 Å². The molecule has 0 N–H and O–H groups in total. The molecule has 0 amide bonds. The van der Waals surface area contributed by atoms with E-state index in [0.717, 1.165) is 24.2 Å². The molecular formula is C42H40Cl2Zr-2. The van der Waals surface area contributed by atoms with Gasteiger partial charge in [-0.15, -0.1) is 5.56 Å². The van der Waals surface area contributed by atoms with E-state index in [4.69, 9.17) is 0 Å². The van der Waals surface area contributed by atoms with Crippen LogP contribution in [-0.2, 0) is 36.1 Å². The van der Waals surface area contributed by atoms with Crippen LogP contribution in [0.3, 0.4) is 0 Å². The number of aryl methyl sites for hydroxylation is 1. The van der Waals surface area contributed by atoms with Crippen molar-refractivity contribution in [1.82, 2.24) is 0 Å². The molecule has 4 saturated carbocycles. The van der Waals surface area contributed by atoms with E-state index in [2.05, 4.69) is 128 Å². The van der Waals surface area contributed by atoms with Crippen LogP contribution >= 0.6 is 0 Å². The molecule has 0 nitrogen and oxygen atoms in total. The minimum Gasteiger partial charge on any atom is -0.179 e. The number of rotatable bonds is 3. The van der Waals surface area contributed by atoms with Gasteiger partial charge < -0.3 is 24.8 Å². The minimum atomic E-state index is 0. The van der Waals surface area contributed by atoms with E-state index in [1.165, 1.54) is 85.6 Å². The molecule has 10 rings (SSSR count). The van der Waals surface area contributed by atoms with Crippen molar-refractivity contribution in [3.05, 3.63) is 161 Å². The Hall–Kier alpha value is -2.44. The predicted molar refractivity (Wildman–Crippen MR) is 176 cm³/mol. The summed E-state index contributed by atoms with van der Waals surface area (Å²) in [6.45, 7) is 2.24. The zero-order valence-electron chi connectivity index (χ0n) is 26.0. The number of benzene rings is 4. The first kappa shape index (κ1) is 33.9. The third-order valence-corrected chi connectivity index (χ3v) is 11.7. The molecule has 4 fully saturated rings. The summed E-state index contributed by atoms with van der Waals surface area (Å²) >= 11 is 1.46. The Morgan fingerprint density at radius 3 is 1.80 bits per heavy atom. The number of hydrogen-bond acceptors (Lipinski definition) is 0. The average Bonchev–Trinajstić information content (AvgIpc) is 3.66. The number of hydrogen-bond donors (Lipinski definition) is 0. The second-order valence-corrected chi connectivity index (χ2v) is 14.6. The Kier molecular flexibility index (Phi) is 11.3. The monoisotopic (exact) mass is 704 g/mol. The van der Waals surface area contributed by atoms with Crippen LogP contribution in [-0.4, -0.2) is 3.21 Å². The normalized spacial score (nSPS) is 22.7. The van der Waals surface area contributed by atoms with Crippen molar-refractivity contribution in [2.45, 2.75) is 57.3 Å². The number of fused-ring (bicyclic) bond motifs is 3. The van der Waals surface area contributed by atoms with Gasteiger partial charge in [0.15, 0.2) is 0 Å². The van der Waals surface area contributed by atoms with Gasteiger partial charge in [-0.05, 0) is 43.4 Å². The molecule has 3 heteroatoms. The first-order valence-electron chi connectivity index (χ1n) is 16.1. The molecule has 0 aliphatic heterocycles. The van der Waals surface area contributed by atoms with E-state index in [-0.39, 0.29) is 24.8 Å². The Morgan fingerprint density at radius 2 is 1.24 bits per heavy atom. The second-order valence-electron chi connectivity index (χ2n) is 13.4. The van der Waals surface area contributed by atoms with Crippen LogP contribution in [0.15, 0.2) is 121 Å². The average molecular weight is 707 g/mol.